The summed E-state index contributed by atoms with van der Waals surface area (Å²) in [6.07, 6.45) is 2.32. The summed E-state index contributed by atoms with van der Waals surface area (Å²) >= 11 is 0. The van der Waals surface area contributed by atoms with Gasteiger partial charge < -0.3 is 36.3 Å². The van der Waals surface area contributed by atoms with E-state index in [0.717, 1.165) is 23.8 Å². The summed E-state index contributed by atoms with van der Waals surface area (Å²) in [5.41, 5.74) is 8.44. The zero-order valence-electron chi connectivity index (χ0n) is 28.2. The fourth-order valence-corrected chi connectivity index (χ4v) is 5.46. The van der Waals surface area contributed by atoms with Crippen LogP contribution in [-0.2, 0) is 20.9 Å². The summed E-state index contributed by atoms with van der Waals surface area (Å²) in [6, 6.07) is 13.0. The molecule has 10 nitrogen and oxygen atoms in total. The molecular weight excluding hydrogens is 618 g/mol. The largest absolute Gasteiger partial charge is 0.387 e. The average molecular weight is 667 g/mol. The highest BCUT2D eigenvalue weighted by atomic mass is 19.1. The number of hydrogen-bond donors (Lipinski definition) is 5. The number of aromatic nitrogens is 1. The molecule has 3 amide bonds. The van der Waals surface area contributed by atoms with Gasteiger partial charge in [0.2, 0.25) is 17.7 Å². The number of nitrogens with zero attached hydrogens (tertiary/aromatic N) is 2. The molecule has 48 heavy (non-hydrogen) atoms. The Bertz CT molecular complexity index is 1550. The van der Waals surface area contributed by atoms with E-state index in [1.807, 2.05) is 55.7 Å². The number of nitrogens with two attached hydrogens (primary N) is 1. The third-order valence-electron chi connectivity index (χ3n) is 7.78. The molecule has 3 aromatic rings. The lowest BCUT2D eigenvalue weighted by Crippen LogP contribution is -2.47. The van der Waals surface area contributed by atoms with Crippen molar-refractivity contribution in [1.82, 2.24) is 25.4 Å². The minimum atomic E-state index is -0.956. The molecule has 12 heteroatoms. The molecule has 0 radical (unpaired) electrons. The van der Waals surface area contributed by atoms with E-state index < -0.39 is 47.6 Å². The minimum absolute atomic E-state index is 0.0435. The van der Waals surface area contributed by atoms with Crippen LogP contribution in [-0.4, -0.2) is 71.1 Å². The van der Waals surface area contributed by atoms with E-state index in [1.165, 1.54) is 4.90 Å². The van der Waals surface area contributed by atoms with Crippen LogP contribution in [0.25, 0.3) is 11.1 Å². The standard InChI is InChI=1S/C36H48F2N6O4/c1-24(2)42-20-32(46)40-15-9-16-41-35(48)30(39)14-17-44(33(47)23-45)34(36(3,4)5)31-18-26(28-19-27(37)12-13-29(28)38)22-43(31)21-25-10-7-6-8-11-25/h6-8,10-13,18-19,22,30,34,42,45H,1,9,14-17,20-21,23,39H2,2-5H3,(H,40,46)(H,41,48)/t30-,34-/m0/s1. The van der Waals surface area contributed by atoms with Gasteiger partial charge in [-0.05, 0) is 55.0 Å². The van der Waals surface area contributed by atoms with Crippen molar-refractivity contribution >= 4 is 17.7 Å². The molecular formula is C36H48F2N6O4. The van der Waals surface area contributed by atoms with Crippen LogP contribution in [0.1, 0.15) is 57.8 Å². The van der Waals surface area contributed by atoms with Crippen molar-refractivity contribution in [3.05, 3.63) is 96.0 Å². The van der Waals surface area contributed by atoms with Gasteiger partial charge in [-0.3, -0.25) is 14.4 Å². The van der Waals surface area contributed by atoms with Gasteiger partial charge >= 0.3 is 0 Å². The molecule has 0 fully saturated rings. The van der Waals surface area contributed by atoms with Crippen LogP contribution in [0.2, 0.25) is 0 Å². The third kappa shape index (κ3) is 11.0. The molecule has 2 aromatic carbocycles. The van der Waals surface area contributed by atoms with Crippen LogP contribution < -0.4 is 21.7 Å². The molecule has 0 saturated carbocycles. The summed E-state index contributed by atoms with van der Waals surface area (Å²) in [4.78, 5) is 39.5. The fraction of sp³-hybridized carbons (Fsp3) is 0.417. The molecule has 0 saturated heterocycles. The SMILES string of the molecule is C=C(C)NCC(=O)NCCCNC(=O)[C@@H](N)CCN(C(=O)CO)[C@@H](c1cc(-c2cc(F)ccc2F)cn1Cc1ccccc1)C(C)(C)C. The molecule has 1 aromatic heterocycles. The second-order valence-corrected chi connectivity index (χ2v) is 12.9. The summed E-state index contributed by atoms with van der Waals surface area (Å²) in [5, 5.41) is 18.4. The van der Waals surface area contributed by atoms with E-state index in [-0.39, 0.29) is 37.5 Å². The number of carbonyl (C=O) groups is 3. The molecule has 260 valence electrons. The van der Waals surface area contributed by atoms with Crippen molar-refractivity contribution in [1.29, 1.82) is 0 Å². The van der Waals surface area contributed by atoms with Gasteiger partial charge in [0, 0.05) is 54.9 Å². The van der Waals surface area contributed by atoms with Gasteiger partial charge in [-0.2, -0.15) is 0 Å². The highest BCUT2D eigenvalue weighted by molar-refractivity contribution is 5.82. The van der Waals surface area contributed by atoms with Gasteiger partial charge in [-0.25, -0.2) is 8.78 Å². The number of benzene rings is 2. The second kappa shape index (κ2) is 17.6. The highest BCUT2D eigenvalue weighted by Gasteiger charge is 2.37. The normalized spacial score (nSPS) is 12.6. The maximum atomic E-state index is 15.0. The van der Waals surface area contributed by atoms with E-state index in [9.17, 15) is 28.3 Å². The van der Waals surface area contributed by atoms with Crippen molar-refractivity contribution in [2.75, 3.05) is 32.8 Å². The lowest BCUT2D eigenvalue weighted by Gasteiger charge is -2.41. The van der Waals surface area contributed by atoms with Gasteiger partial charge in [0.05, 0.1) is 18.6 Å². The Labute approximate surface area is 281 Å². The molecule has 0 unspecified atom stereocenters. The number of amides is 3. The van der Waals surface area contributed by atoms with Gasteiger partial charge in [0.1, 0.15) is 18.2 Å². The van der Waals surface area contributed by atoms with E-state index in [1.54, 1.807) is 19.2 Å². The number of aliphatic hydroxyl groups is 1. The molecule has 1 heterocycles. The molecule has 0 spiro atoms. The molecule has 0 aliphatic heterocycles. The Kier molecular flexibility index (Phi) is 13.9. The Hall–Kier alpha value is -4.55. The van der Waals surface area contributed by atoms with Crippen molar-refractivity contribution < 1.29 is 28.3 Å². The maximum absolute atomic E-state index is 15.0. The van der Waals surface area contributed by atoms with Crippen LogP contribution >= 0.6 is 0 Å². The third-order valence-corrected chi connectivity index (χ3v) is 7.78. The summed E-state index contributed by atoms with van der Waals surface area (Å²) in [7, 11) is 0. The Morgan fingerprint density at radius 1 is 1.02 bits per heavy atom. The molecule has 0 bridgehead atoms. The van der Waals surface area contributed by atoms with E-state index in [4.69, 9.17) is 5.73 Å². The first kappa shape index (κ1) is 37.9. The first-order chi connectivity index (χ1) is 22.7. The number of aliphatic hydroxyl groups excluding tert-OH is 1. The van der Waals surface area contributed by atoms with Crippen molar-refractivity contribution in [3.63, 3.8) is 0 Å². The minimum Gasteiger partial charge on any atom is -0.387 e. The van der Waals surface area contributed by atoms with E-state index in [2.05, 4.69) is 22.5 Å². The maximum Gasteiger partial charge on any atom is 0.248 e. The Morgan fingerprint density at radius 2 is 1.71 bits per heavy atom. The zero-order valence-corrected chi connectivity index (χ0v) is 28.2. The predicted molar refractivity (Wildman–Crippen MR) is 182 cm³/mol. The Balaban J connectivity index is 1.82. The lowest BCUT2D eigenvalue weighted by molar-refractivity contribution is -0.140. The van der Waals surface area contributed by atoms with Gasteiger partial charge in [0.15, 0.2) is 0 Å². The fourth-order valence-electron chi connectivity index (χ4n) is 5.46. The quantitative estimate of drug-likeness (QED) is 0.139. The van der Waals surface area contributed by atoms with E-state index in [0.29, 0.717) is 36.5 Å². The predicted octanol–water partition coefficient (Wildman–Crippen LogP) is 3.85. The van der Waals surface area contributed by atoms with Crippen LogP contribution in [0.5, 0.6) is 0 Å². The first-order valence-corrected chi connectivity index (χ1v) is 16.0. The van der Waals surface area contributed by atoms with Gasteiger partial charge in [-0.1, -0.05) is 57.7 Å². The summed E-state index contributed by atoms with van der Waals surface area (Å²) in [6.45, 7) is 11.7. The number of hydrogen-bond acceptors (Lipinski definition) is 6. The molecule has 3 rings (SSSR count). The topological polar surface area (TPSA) is 142 Å². The average Bonchev–Trinajstić information content (AvgIpc) is 3.44. The summed E-state index contributed by atoms with van der Waals surface area (Å²) < 4.78 is 31.1. The van der Waals surface area contributed by atoms with Crippen LogP contribution in [0.3, 0.4) is 0 Å². The number of allylic oxidation sites excluding steroid dienone is 1. The molecule has 0 aliphatic rings. The number of carbonyl (C=O) groups excluding carboxylic acids is 3. The zero-order chi connectivity index (χ0) is 35.4. The Morgan fingerprint density at radius 3 is 2.35 bits per heavy atom. The second-order valence-electron chi connectivity index (χ2n) is 12.9. The monoisotopic (exact) mass is 666 g/mol. The molecule has 0 aliphatic carbocycles. The lowest BCUT2D eigenvalue weighted by atomic mass is 9.82. The number of nitrogens with one attached hydrogen (secondary N) is 3. The number of rotatable bonds is 17. The van der Waals surface area contributed by atoms with Crippen LogP contribution in [0.4, 0.5) is 8.78 Å². The molecule has 2 atom stereocenters. The van der Waals surface area contributed by atoms with Gasteiger partial charge in [0.25, 0.3) is 0 Å². The van der Waals surface area contributed by atoms with Crippen molar-refractivity contribution in [2.45, 2.75) is 59.2 Å². The van der Waals surface area contributed by atoms with Crippen LogP contribution in [0.15, 0.2) is 73.1 Å². The van der Waals surface area contributed by atoms with Crippen molar-refractivity contribution in [2.24, 2.45) is 11.1 Å². The summed E-state index contributed by atoms with van der Waals surface area (Å²) in [5.74, 6) is -2.34. The van der Waals surface area contributed by atoms with E-state index >= 15 is 0 Å². The van der Waals surface area contributed by atoms with Gasteiger partial charge in [-0.15, -0.1) is 0 Å². The molecule has 6 N–H and O–H groups in total. The number of halogens is 2. The van der Waals surface area contributed by atoms with Crippen LogP contribution in [0, 0.1) is 17.0 Å². The first-order valence-electron chi connectivity index (χ1n) is 16.0. The van der Waals surface area contributed by atoms with Crippen molar-refractivity contribution in [3.8, 4) is 11.1 Å². The smallest absolute Gasteiger partial charge is 0.248 e. The highest BCUT2D eigenvalue weighted by Crippen LogP contribution is 2.41.